The van der Waals surface area contributed by atoms with Crippen LogP contribution in [0.5, 0.6) is 0 Å². The Morgan fingerprint density at radius 1 is 1.32 bits per heavy atom. The molecule has 19 heavy (non-hydrogen) atoms. The van der Waals surface area contributed by atoms with Crippen LogP contribution in [0.25, 0.3) is 0 Å². The van der Waals surface area contributed by atoms with E-state index in [0.29, 0.717) is 12.3 Å². The zero-order valence-electron chi connectivity index (χ0n) is 12.0. The maximum atomic E-state index is 11.9. The first kappa shape index (κ1) is 16.1. The first-order chi connectivity index (χ1) is 9.02. The lowest BCUT2D eigenvalue weighted by atomic mass is 10.0. The van der Waals surface area contributed by atoms with E-state index in [1.165, 1.54) is 5.56 Å². The number of thioether (sulfide) groups is 1. The number of carbonyl (C=O) groups is 1. The van der Waals surface area contributed by atoms with Gasteiger partial charge in [-0.05, 0) is 48.5 Å². The fourth-order valence-electron chi connectivity index (χ4n) is 1.82. The van der Waals surface area contributed by atoms with Crippen molar-refractivity contribution in [3.8, 4) is 0 Å². The molecule has 1 rings (SSSR count). The van der Waals surface area contributed by atoms with Gasteiger partial charge in [0.2, 0.25) is 5.91 Å². The fraction of sp³-hybridized carbons (Fsp3) is 0.533. The number of nitrogens with two attached hydrogens (primary N) is 1. The monoisotopic (exact) mass is 280 g/mol. The Balaban J connectivity index is 2.50. The lowest BCUT2D eigenvalue weighted by Gasteiger charge is -2.14. The van der Waals surface area contributed by atoms with Crippen LogP contribution in [0.3, 0.4) is 0 Å². The van der Waals surface area contributed by atoms with Crippen LogP contribution in [0.2, 0.25) is 0 Å². The van der Waals surface area contributed by atoms with E-state index in [1.807, 2.05) is 23.9 Å². The Kier molecular flexibility index (Phi) is 6.95. The number of benzene rings is 1. The molecule has 0 spiro atoms. The molecule has 1 aromatic carbocycles. The molecule has 0 aliphatic heterocycles. The quantitative estimate of drug-likeness (QED) is 0.807. The number of amides is 1. The fourth-order valence-corrected chi connectivity index (χ4v) is 2.26. The molecule has 0 unspecified atom stereocenters. The van der Waals surface area contributed by atoms with E-state index < -0.39 is 6.04 Å². The van der Waals surface area contributed by atoms with Gasteiger partial charge in [0, 0.05) is 5.69 Å². The highest BCUT2D eigenvalue weighted by Crippen LogP contribution is 2.12. The summed E-state index contributed by atoms with van der Waals surface area (Å²) >= 11 is 1.83. The Morgan fingerprint density at radius 3 is 2.47 bits per heavy atom. The Bertz CT molecular complexity index is 390. The Morgan fingerprint density at radius 2 is 1.95 bits per heavy atom. The van der Waals surface area contributed by atoms with E-state index >= 15 is 0 Å². The maximum absolute atomic E-state index is 11.9. The predicted octanol–water partition coefficient (Wildman–Crippen LogP) is 2.90. The standard InChI is InChI=1S/C15H24N2OS/c1-11(2)10-14(16)15(18)17-13-6-4-12(5-7-13)8-9-19-3/h4-7,11,14H,8-10,16H2,1-3H3,(H,17,18)/t14-/m0/s1. The van der Waals surface area contributed by atoms with Gasteiger partial charge in [0.25, 0.3) is 0 Å². The number of hydrogen-bond donors (Lipinski definition) is 2. The summed E-state index contributed by atoms with van der Waals surface area (Å²) < 4.78 is 0. The second kappa shape index (κ2) is 8.23. The van der Waals surface area contributed by atoms with E-state index in [9.17, 15) is 4.79 Å². The smallest absolute Gasteiger partial charge is 0.241 e. The molecular formula is C15H24N2OS. The summed E-state index contributed by atoms with van der Waals surface area (Å²) in [5.74, 6) is 1.44. The molecule has 0 aromatic heterocycles. The molecule has 0 aliphatic carbocycles. The second-order valence-electron chi connectivity index (χ2n) is 5.17. The zero-order valence-corrected chi connectivity index (χ0v) is 12.8. The van der Waals surface area contributed by atoms with Crippen LogP contribution in [-0.2, 0) is 11.2 Å². The highest BCUT2D eigenvalue weighted by molar-refractivity contribution is 7.98. The number of rotatable bonds is 7. The SMILES string of the molecule is CSCCc1ccc(NC(=O)[C@@H](N)CC(C)C)cc1. The van der Waals surface area contributed by atoms with Gasteiger partial charge in [0.1, 0.15) is 0 Å². The van der Waals surface area contributed by atoms with Crippen LogP contribution in [0.15, 0.2) is 24.3 Å². The lowest BCUT2D eigenvalue weighted by molar-refractivity contribution is -0.117. The van der Waals surface area contributed by atoms with Gasteiger partial charge in [-0.1, -0.05) is 26.0 Å². The van der Waals surface area contributed by atoms with Gasteiger partial charge < -0.3 is 11.1 Å². The molecule has 3 nitrogen and oxygen atoms in total. The molecule has 1 aromatic rings. The number of carbonyl (C=O) groups excluding carboxylic acids is 1. The summed E-state index contributed by atoms with van der Waals surface area (Å²) in [6.45, 7) is 4.13. The van der Waals surface area contributed by atoms with E-state index in [0.717, 1.165) is 17.9 Å². The van der Waals surface area contributed by atoms with Gasteiger partial charge in [-0.25, -0.2) is 0 Å². The molecule has 0 bridgehead atoms. The average molecular weight is 280 g/mol. The van der Waals surface area contributed by atoms with Crippen molar-refractivity contribution in [1.29, 1.82) is 0 Å². The van der Waals surface area contributed by atoms with E-state index in [2.05, 4.69) is 37.6 Å². The topological polar surface area (TPSA) is 55.1 Å². The van der Waals surface area contributed by atoms with E-state index in [-0.39, 0.29) is 5.91 Å². The minimum absolute atomic E-state index is 0.106. The number of anilines is 1. The average Bonchev–Trinajstić information content (AvgIpc) is 2.37. The third kappa shape index (κ3) is 6.12. The van der Waals surface area contributed by atoms with Crippen molar-refractivity contribution in [3.63, 3.8) is 0 Å². The zero-order chi connectivity index (χ0) is 14.3. The van der Waals surface area contributed by atoms with Crippen molar-refractivity contribution in [2.75, 3.05) is 17.3 Å². The molecule has 0 aliphatic rings. The normalized spacial score (nSPS) is 12.5. The molecule has 1 amide bonds. The lowest BCUT2D eigenvalue weighted by Crippen LogP contribution is -2.36. The van der Waals surface area contributed by atoms with Crippen molar-refractivity contribution in [2.24, 2.45) is 11.7 Å². The summed E-state index contributed by atoms with van der Waals surface area (Å²) in [7, 11) is 0. The van der Waals surface area contributed by atoms with Gasteiger partial charge in [0.15, 0.2) is 0 Å². The molecule has 1 atom stereocenters. The number of nitrogens with one attached hydrogen (secondary N) is 1. The maximum Gasteiger partial charge on any atom is 0.241 e. The van der Waals surface area contributed by atoms with Crippen molar-refractivity contribution in [1.82, 2.24) is 0 Å². The van der Waals surface area contributed by atoms with Crippen LogP contribution < -0.4 is 11.1 Å². The van der Waals surface area contributed by atoms with Crippen LogP contribution in [0.1, 0.15) is 25.8 Å². The summed E-state index contributed by atoms with van der Waals surface area (Å²) in [5.41, 5.74) is 7.95. The summed E-state index contributed by atoms with van der Waals surface area (Å²) in [4.78, 5) is 11.9. The van der Waals surface area contributed by atoms with Crippen LogP contribution >= 0.6 is 11.8 Å². The first-order valence-corrected chi connectivity index (χ1v) is 8.06. The molecule has 0 heterocycles. The summed E-state index contributed by atoms with van der Waals surface area (Å²) in [6, 6.07) is 7.56. The van der Waals surface area contributed by atoms with Crippen molar-refractivity contribution in [3.05, 3.63) is 29.8 Å². The highest BCUT2D eigenvalue weighted by atomic mass is 32.2. The first-order valence-electron chi connectivity index (χ1n) is 6.67. The molecule has 3 N–H and O–H groups in total. The summed E-state index contributed by atoms with van der Waals surface area (Å²) in [6.07, 6.45) is 3.87. The third-order valence-electron chi connectivity index (χ3n) is 2.88. The van der Waals surface area contributed by atoms with Crippen molar-refractivity contribution < 1.29 is 4.79 Å². The Hall–Kier alpha value is -1.00. The van der Waals surface area contributed by atoms with Gasteiger partial charge in [-0.2, -0.15) is 11.8 Å². The minimum atomic E-state index is -0.434. The molecule has 0 saturated carbocycles. The van der Waals surface area contributed by atoms with Crippen LogP contribution in [0, 0.1) is 5.92 Å². The van der Waals surface area contributed by atoms with Crippen LogP contribution in [0.4, 0.5) is 5.69 Å². The van der Waals surface area contributed by atoms with Gasteiger partial charge >= 0.3 is 0 Å². The third-order valence-corrected chi connectivity index (χ3v) is 3.49. The second-order valence-corrected chi connectivity index (χ2v) is 6.15. The number of hydrogen-bond acceptors (Lipinski definition) is 3. The minimum Gasteiger partial charge on any atom is -0.325 e. The summed E-state index contributed by atoms with van der Waals surface area (Å²) in [5, 5.41) is 2.86. The molecular weight excluding hydrogens is 256 g/mol. The highest BCUT2D eigenvalue weighted by Gasteiger charge is 2.14. The van der Waals surface area contributed by atoms with Gasteiger partial charge in [-0.3, -0.25) is 4.79 Å². The number of aryl methyl sites for hydroxylation is 1. The van der Waals surface area contributed by atoms with Gasteiger partial charge in [0.05, 0.1) is 6.04 Å². The van der Waals surface area contributed by atoms with Gasteiger partial charge in [-0.15, -0.1) is 0 Å². The Labute approximate surface area is 120 Å². The van der Waals surface area contributed by atoms with Crippen LogP contribution in [-0.4, -0.2) is 24.0 Å². The molecule has 106 valence electrons. The predicted molar refractivity (Wildman–Crippen MR) is 84.6 cm³/mol. The van der Waals surface area contributed by atoms with E-state index in [1.54, 1.807) is 0 Å². The molecule has 0 saturated heterocycles. The van der Waals surface area contributed by atoms with Crippen molar-refractivity contribution in [2.45, 2.75) is 32.7 Å². The van der Waals surface area contributed by atoms with Crippen molar-refractivity contribution >= 4 is 23.4 Å². The molecule has 0 radical (unpaired) electrons. The molecule has 0 fully saturated rings. The van der Waals surface area contributed by atoms with E-state index in [4.69, 9.17) is 5.73 Å². The molecule has 4 heteroatoms. The largest absolute Gasteiger partial charge is 0.325 e.